The second-order valence-corrected chi connectivity index (χ2v) is 5.46. The summed E-state index contributed by atoms with van der Waals surface area (Å²) in [4.78, 5) is 0. The van der Waals surface area contributed by atoms with Crippen LogP contribution >= 0.6 is 0 Å². The molecule has 1 nitrogen and oxygen atoms in total. The number of aliphatic hydroxyl groups is 1. The van der Waals surface area contributed by atoms with E-state index in [1.807, 2.05) is 12.1 Å². The largest absolute Gasteiger partial charge is 0.392 e. The minimum atomic E-state index is -0.275. The van der Waals surface area contributed by atoms with E-state index >= 15 is 0 Å². The Morgan fingerprint density at radius 3 is 2.33 bits per heavy atom. The van der Waals surface area contributed by atoms with Crippen molar-refractivity contribution < 1.29 is 9.50 Å². The number of rotatable bonds is 3. The van der Waals surface area contributed by atoms with Crippen molar-refractivity contribution in [3.63, 3.8) is 0 Å². The van der Waals surface area contributed by atoms with Gasteiger partial charge in [-0.1, -0.05) is 38.8 Å². The molecule has 0 bridgehead atoms. The summed E-state index contributed by atoms with van der Waals surface area (Å²) in [5.41, 5.74) is 1.09. The average molecular weight is 250 g/mol. The van der Waals surface area contributed by atoms with Gasteiger partial charge >= 0.3 is 0 Å². The normalized spacial score (nSPS) is 32.4. The molecule has 0 saturated heterocycles. The van der Waals surface area contributed by atoms with Crippen LogP contribution < -0.4 is 0 Å². The second-order valence-electron chi connectivity index (χ2n) is 5.46. The lowest BCUT2D eigenvalue weighted by molar-refractivity contribution is 0.0383. The number of hydrogen-bond acceptors (Lipinski definition) is 1. The molecule has 1 aromatic carbocycles. The third-order valence-corrected chi connectivity index (χ3v) is 4.57. The summed E-state index contributed by atoms with van der Waals surface area (Å²) < 4.78 is 13.0. The Morgan fingerprint density at radius 2 is 1.78 bits per heavy atom. The van der Waals surface area contributed by atoms with Crippen LogP contribution in [-0.4, -0.2) is 11.2 Å². The lowest BCUT2D eigenvalue weighted by Crippen LogP contribution is -2.35. The van der Waals surface area contributed by atoms with Gasteiger partial charge in [0, 0.05) is 5.92 Å². The van der Waals surface area contributed by atoms with Crippen LogP contribution in [0.1, 0.15) is 51.0 Å². The number of benzene rings is 1. The molecule has 1 aliphatic rings. The SMILES string of the molecule is CC[C@H]1CC[C@H](O)[C@@H](c2ccc(F)cc2)[C@@H]1CC. The number of aliphatic hydroxyl groups excluding tert-OH is 1. The van der Waals surface area contributed by atoms with Crippen molar-refractivity contribution in [1.82, 2.24) is 0 Å². The maximum atomic E-state index is 13.0. The fourth-order valence-corrected chi connectivity index (χ4v) is 3.61. The molecule has 1 fully saturated rings. The van der Waals surface area contributed by atoms with Crippen LogP contribution in [0.5, 0.6) is 0 Å². The van der Waals surface area contributed by atoms with E-state index in [1.54, 1.807) is 0 Å². The van der Waals surface area contributed by atoms with E-state index in [4.69, 9.17) is 0 Å². The van der Waals surface area contributed by atoms with E-state index in [9.17, 15) is 9.50 Å². The van der Waals surface area contributed by atoms with E-state index in [2.05, 4.69) is 13.8 Å². The summed E-state index contributed by atoms with van der Waals surface area (Å²) in [6.07, 6.45) is 3.97. The Morgan fingerprint density at radius 1 is 1.11 bits per heavy atom. The standard InChI is InChI=1S/C16H23FO/c1-3-11-7-10-15(18)16(14(11)4-2)12-5-8-13(17)9-6-12/h5-6,8-9,11,14-16,18H,3-4,7,10H2,1-2H3/t11-,14+,15-,16-/m0/s1. The Kier molecular flexibility index (Phi) is 4.39. The minimum Gasteiger partial charge on any atom is -0.392 e. The fraction of sp³-hybridized carbons (Fsp3) is 0.625. The zero-order chi connectivity index (χ0) is 13.1. The highest BCUT2D eigenvalue weighted by molar-refractivity contribution is 5.23. The number of hydrogen-bond donors (Lipinski definition) is 1. The summed E-state index contributed by atoms with van der Waals surface area (Å²) in [6, 6.07) is 6.68. The molecule has 2 rings (SSSR count). The van der Waals surface area contributed by atoms with E-state index in [-0.39, 0.29) is 17.8 Å². The topological polar surface area (TPSA) is 20.2 Å². The second kappa shape index (κ2) is 5.83. The fourth-order valence-electron chi connectivity index (χ4n) is 3.61. The molecule has 2 heteroatoms. The van der Waals surface area contributed by atoms with Gasteiger partial charge in [-0.25, -0.2) is 4.39 Å². The zero-order valence-corrected chi connectivity index (χ0v) is 11.3. The van der Waals surface area contributed by atoms with Gasteiger partial charge in [0.1, 0.15) is 5.82 Å². The summed E-state index contributed by atoms with van der Waals surface area (Å²) in [5.74, 6) is 1.18. The zero-order valence-electron chi connectivity index (χ0n) is 11.3. The van der Waals surface area contributed by atoms with Gasteiger partial charge in [0.05, 0.1) is 6.10 Å². The first kappa shape index (κ1) is 13.5. The van der Waals surface area contributed by atoms with Crippen LogP contribution in [0.2, 0.25) is 0 Å². The lowest BCUT2D eigenvalue weighted by atomic mass is 9.66. The molecule has 1 aromatic rings. The highest BCUT2D eigenvalue weighted by Crippen LogP contribution is 2.44. The molecule has 4 atom stereocenters. The summed E-state index contributed by atoms with van der Waals surface area (Å²) >= 11 is 0. The molecule has 0 aliphatic heterocycles. The van der Waals surface area contributed by atoms with Crippen molar-refractivity contribution in [2.75, 3.05) is 0 Å². The first-order valence-corrected chi connectivity index (χ1v) is 7.10. The van der Waals surface area contributed by atoms with E-state index < -0.39 is 0 Å². The molecule has 0 spiro atoms. The van der Waals surface area contributed by atoms with Crippen LogP contribution in [0.25, 0.3) is 0 Å². The molecule has 1 saturated carbocycles. The molecule has 0 amide bonds. The third kappa shape index (κ3) is 2.59. The first-order valence-electron chi connectivity index (χ1n) is 7.10. The summed E-state index contributed by atoms with van der Waals surface area (Å²) in [5, 5.41) is 10.3. The maximum absolute atomic E-state index is 13.0. The molecule has 0 aromatic heterocycles. The predicted octanol–water partition coefficient (Wildman–Crippen LogP) is 4.12. The molecular weight excluding hydrogens is 227 g/mol. The van der Waals surface area contributed by atoms with Crippen LogP contribution in [0.4, 0.5) is 4.39 Å². The third-order valence-electron chi connectivity index (χ3n) is 4.57. The van der Waals surface area contributed by atoms with E-state index in [0.717, 1.165) is 24.8 Å². The van der Waals surface area contributed by atoms with Crippen molar-refractivity contribution in [3.05, 3.63) is 35.6 Å². The molecule has 1 aliphatic carbocycles. The molecule has 1 N–H and O–H groups in total. The molecule has 0 heterocycles. The smallest absolute Gasteiger partial charge is 0.123 e. The van der Waals surface area contributed by atoms with Gasteiger partial charge in [-0.3, -0.25) is 0 Å². The molecule has 0 unspecified atom stereocenters. The average Bonchev–Trinajstić information content (AvgIpc) is 2.39. The van der Waals surface area contributed by atoms with Crippen molar-refractivity contribution >= 4 is 0 Å². The van der Waals surface area contributed by atoms with Crippen molar-refractivity contribution in [1.29, 1.82) is 0 Å². The first-order chi connectivity index (χ1) is 8.67. The maximum Gasteiger partial charge on any atom is 0.123 e. The lowest BCUT2D eigenvalue weighted by Gasteiger charge is -2.41. The van der Waals surface area contributed by atoms with Crippen LogP contribution in [0.3, 0.4) is 0 Å². The molecule has 100 valence electrons. The monoisotopic (exact) mass is 250 g/mol. The van der Waals surface area contributed by atoms with Crippen LogP contribution in [0, 0.1) is 17.7 Å². The highest BCUT2D eigenvalue weighted by atomic mass is 19.1. The van der Waals surface area contributed by atoms with E-state index in [0.29, 0.717) is 11.8 Å². The Labute approximate surface area is 109 Å². The Hall–Kier alpha value is -0.890. The molecule has 18 heavy (non-hydrogen) atoms. The Balaban J connectivity index is 2.28. The predicted molar refractivity (Wildman–Crippen MR) is 71.9 cm³/mol. The summed E-state index contributed by atoms with van der Waals surface area (Å²) in [7, 11) is 0. The van der Waals surface area contributed by atoms with Gasteiger partial charge < -0.3 is 5.11 Å². The summed E-state index contributed by atoms with van der Waals surface area (Å²) in [6.45, 7) is 4.43. The van der Waals surface area contributed by atoms with Gasteiger partial charge in [0.15, 0.2) is 0 Å². The van der Waals surface area contributed by atoms with E-state index in [1.165, 1.54) is 18.6 Å². The van der Waals surface area contributed by atoms with Crippen molar-refractivity contribution in [2.45, 2.75) is 51.6 Å². The number of halogens is 1. The molecule has 0 radical (unpaired) electrons. The van der Waals surface area contributed by atoms with Gasteiger partial charge in [0.2, 0.25) is 0 Å². The van der Waals surface area contributed by atoms with Gasteiger partial charge in [-0.05, 0) is 42.4 Å². The quantitative estimate of drug-likeness (QED) is 0.855. The van der Waals surface area contributed by atoms with Crippen molar-refractivity contribution in [3.8, 4) is 0 Å². The van der Waals surface area contributed by atoms with Gasteiger partial charge in [-0.2, -0.15) is 0 Å². The van der Waals surface area contributed by atoms with Crippen LogP contribution in [-0.2, 0) is 0 Å². The Bertz CT molecular complexity index is 373. The minimum absolute atomic E-state index is 0.175. The van der Waals surface area contributed by atoms with Crippen LogP contribution in [0.15, 0.2) is 24.3 Å². The molecular formula is C16H23FO. The van der Waals surface area contributed by atoms with Gasteiger partial charge in [-0.15, -0.1) is 0 Å². The van der Waals surface area contributed by atoms with Gasteiger partial charge in [0.25, 0.3) is 0 Å². The van der Waals surface area contributed by atoms with Crippen molar-refractivity contribution in [2.24, 2.45) is 11.8 Å². The highest BCUT2D eigenvalue weighted by Gasteiger charge is 2.37.